The Kier molecular flexibility index (Phi) is 5.09. The highest BCUT2D eigenvalue weighted by Crippen LogP contribution is 2.41. The molecule has 0 saturated carbocycles. The molecule has 138 valence electrons. The number of nitrogens with one attached hydrogen (secondary N) is 2. The van der Waals surface area contributed by atoms with Crippen LogP contribution in [0.15, 0.2) is 48.5 Å². The van der Waals surface area contributed by atoms with Gasteiger partial charge in [-0.05, 0) is 52.2 Å². The largest absolute Gasteiger partial charge is 0.348 e. The second-order valence-electron chi connectivity index (χ2n) is 6.68. The Hall–Kier alpha value is -2.44. The Labute approximate surface area is 166 Å². The number of carbonyl (C=O) groups excluding carboxylic acids is 1. The average Bonchev–Trinajstić information content (AvgIpc) is 3.17. The number of nitrogens with zero attached hydrogens (tertiary/aromatic N) is 3. The van der Waals surface area contributed by atoms with E-state index in [1.54, 1.807) is 0 Å². The molecule has 1 aromatic heterocycles. The van der Waals surface area contributed by atoms with Crippen LogP contribution in [-0.4, -0.2) is 26.5 Å². The Bertz CT molecular complexity index is 930. The number of aromatic nitrogens is 4. The number of H-pyrrole nitrogens is 1. The van der Waals surface area contributed by atoms with Gasteiger partial charge in [-0.25, -0.2) is 5.10 Å². The first-order valence-electron chi connectivity index (χ1n) is 8.64. The van der Waals surface area contributed by atoms with Crippen LogP contribution in [0.25, 0.3) is 0 Å². The summed E-state index contributed by atoms with van der Waals surface area (Å²) in [4.78, 5) is 12.8. The molecule has 1 amide bonds. The van der Waals surface area contributed by atoms with Gasteiger partial charge in [-0.2, -0.15) is 0 Å². The number of aromatic amines is 1. The summed E-state index contributed by atoms with van der Waals surface area (Å²) in [6, 6.07) is 15.2. The molecule has 0 unspecified atom stereocenters. The summed E-state index contributed by atoms with van der Waals surface area (Å²) < 4.78 is 0. The van der Waals surface area contributed by atoms with Crippen molar-refractivity contribution in [3.05, 3.63) is 75.5 Å². The van der Waals surface area contributed by atoms with E-state index in [1.807, 2.05) is 48.5 Å². The molecule has 4 rings (SSSR count). The summed E-state index contributed by atoms with van der Waals surface area (Å²) >= 11 is 12.3. The quantitative estimate of drug-likeness (QED) is 0.697. The first kappa shape index (κ1) is 17.9. The van der Waals surface area contributed by atoms with Gasteiger partial charge in [-0.1, -0.05) is 47.5 Å². The lowest BCUT2D eigenvalue weighted by Gasteiger charge is -2.37. The van der Waals surface area contributed by atoms with Crippen LogP contribution in [-0.2, 0) is 11.2 Å². The summed E-state index contributed by atoms with van der Waals surface area (Å²) in [6.45, 7) is 0. The van der Waals surface area contributed by atoms with Crippen LogP contribution in [0.1, 0.15) is 35.3 Å². The number of hydrogen-bond acceptors (Lipinski definition) is 4. The number of carbonyl (C=O) groups is 1. The number of piperidine rings is 1. The van der Waals surface area contributed by atoms with Crippen molar-refractivity contribution in [2.75, 3.05) is 0 Å². The molecule has 1 fully saturated rings. The molecule has 1 aliphatic heterocycles. The van der Waals surface area contributed by atoms with E-state index >= 15 is 0 Å². The van der Waals surface area contributed by atoms with E-state index in [-0.39, 0.29) is 23.8 Å². The van der Waals surface area contributed by atoms with Crippen molar-refractivity contribution < 1.29 is 4.79 Å². The molecule has 3 aromatic rings. The first-order valence-corrected chi connectivity index (χ1v) is 9.39. The molecule has 6 nitrogen and oxygen atoms in total. The highest BCUT2D eigenvalue weighted by Gasteiger charge is 2.37. The molecule has 1 saturated heterocycles. The van der Waals surface area contributed by atoms with E-state index in [1.165, 1.54) is 0 Å². The van der Waals surface area contributed by atoms with Crippen molar-refractivity contribution in [1.82, 2.24) is 25.9 Å². The summed E-state index contributed by atoms with van der Waals surface area (Å²) in [5.41, 5.74) is 2.10. The second-order valence-corrected chi connectivity index (χ2v) is 7.56. The number of hydrogen-bond donors (Lipinski definition) is 2. The van der Waals surface area contributed by atoms with Crippen molar-refractivity contribution in [1.29, 1.82) is 0 Å². The van der Waals surface area contributed by atoms with Crippen molar-refractivity contribution >= 4 is 29.1 Å². The summed E-state index contributed by atoms with van der Waals surface area (Å²) in [5.74, 6) is 0.435. The molecule has 3 atom stereocenters. The zero-order chi connectivity index (χ0) is 18.8. The summed E-state index contributed by atoms with van der Waals surface area (Å²) in [5, 5.41) is 18.3. The maximum absolute atomic E-state index is 12.8. The van der Waals surface area contributed by atoms with Crippen LogP contribution in [0.2, 0.25) is 10.0 Å². The van der Waals surface area contributed by atoms with Crippen molar-refractivity contribution in [3.8, 4) is 0 Å². The fourth-order valence-electron chi connectivity index (χ4n) is 3.65. The molecule has 0 spiro atoms. The van der Waals surface area contributed by atoms with Gasteiger partial charge in [0, 0.05) is 28.3 Å². The molecule has 2 aromatic carbocycles. The van der Waals surface area contributed by atoms with E-state index in [2.05, 4.69) is 25.9 Å². The summed E-state index contributed by atoms with van der Waals surface area (Å²) in [7, 11) is 0. The van der Waals surface area contributed by atoms with Crippen LogP contribution < -0.4 is 5.32 Å². The maximum Gasteiger partial charge on any atom is 0.224 e. The predicted molar refractivity (Wildman–Crippen MR) is 103 cm³/mol. The topological polar surface area (TPSA) is 83.6 Å². The molecule has 0 bridgehead atoms. The first-order chi connectivity index (χ1) is 13.1. The monoisotopic (exact) mass is 401 g/mol. The molecule has 1 aliphatic rings. The van der Waals surface area contributed by atoms with Crippen LogP contribution in [0.4, 0.5) is 0 Å². The summed E-state index contributed by atoms with van der Waals surface area (Å²) in [6.07, 6.45) is 1.13. The minimum atomic E-state index is -0.229. The van der Waals surface area contributed by atoms with E-state index in [0.717, 1.165) is 11.1 Å². The molecule has 27 heavy (non-hydrogen) atoms. The van der Waals surface area contributed by atoms with Gasteiger partial charge in [0.2, 0.25) is 5.91 Å². The number of benzene rings is 2. The molecule has 2 heterocycles. The number of tetrazole rings is 1. The highest BCUT2D eigenvalue weighted by atomic mass is 35.5. The fourth-order valence-corrected chi connectivity index (χ4v) is 3.97. The number of halogens is 2. The average molecular weight is 402 g/mol. The third-order valence-electron chi connectivity index (χ3n) is 4.94. The lowest BCUT2D eigenvalue weighted by atomic mass is 9.76. The fraction of sp³-hybridized carbons (Fsp3) is 0.263. The maximum atomic E-state index is 12.8. The van der Waals surface area contributed by atoms with E-state index in [9.17, 15) is 4.79 Å². The zero-order valence-corrected chi connectivity index (χ0v) is 15.8. The number of amides is 1. The van der Waals surface area contributed by atoms with Gasteiger partial charge in [-0.15, -0.1) is 5.10 Å². The normalized spacial score (nSPS) is 22.4. The van der Waals surface area contributed by atoms with Gasteiger partial charge in [0.25, 0.3) is 0 Å². The molecule has 0 aliphatic carbocycles. The molecule has 8 heteroatoms. The Morgan fingerprint density at radius 1 is 1.04 bits per heavy atom. The number of rotatable bonds is 4. The smallest absolute Gasteiger partial charge is 0.224 e. The van der Waals surface area contributed by atoms with Gasteiger partial charge in [0.1, 0.15) is 5.82 Å². The van der Waals surface area contributed by atoms with Crippen molar-refractivity contribution in [2.45, 2.75) is 24.8 Å². The third kappa shape index (κ3) is 3.96. The van der Waals surface area contributed by atoms with Gasteiger partial charge < -0.3 is 5.32 Å². The Balaban J connectivity index is 1.67. The minimum Gasteiger partial charge on any atom is -0.348 e. The zero-order valence-electron chi connectivity index (χ0n) is 14.3. The SMILES string of the molecule is O=C1N[C@H](c2ccc(Cl)cc2)[C@@H](c2cccc(Cl)c2)C[C@H]1Cc1nnn[nH]1. The van der Waals surface area contributed by atoms with Gasteiger partial charge in [-0.3, -0.25) is 4.79 Å². The molecular formula is C19H17Cl2N5O. The van der Waals surface area contributed by atoms with E-state index < -0.39 is 0 Å². The second kappa shape index (κ2) is 7.66. The van der Waals surface area contributed by atoms with Crippen LogP contribution in [0, 0.1) is 5.92 Å². The minimum absolute atomic E-state index is 0.00960. The Morgan fingerprint density at radius 2 is 1.85 bits per heavy atom. The van der Waals surface area contributed by atoms with Crippen molar-refractivity contribution in [2.24, 2.45) is 5.92 Å². The van der Waals surface area contributed by atoms with Crippen LogP contribution in [0.5, 0.6) is 0 Å². The molecule has 2 N–H and O–H groups in total. The highest BCUT2D eigenvalue weighted by molar-refractivity contribution is 6.30. The standard InChI is InChI=1S/C19H17Cl2N5O/c20-14-6-4-11(5-7-14)18-16(12-2-1-3-15(21)8-12)9-13(19(27)22-18)10-17-23-25-26-24-17/h1-8,13,16,18H,9-10H2,(H,22,27)(H,23,24,25,26)/t13-,16+,18+/m0/s1. The van der Waals surface area contributed by atoms with Crippen LogP contribution in [0.3, 0.4) is 0 Å². The molecule has 0 radical (unpaired) electrons. The van der Waals surface area contributed by atoms with Gasteiger partial charge >= 0.3 is 0 Å². The van der Waals surface area contributed by atoms with Gasteiger partial charge in [0.15, 0.2) is 0 Å². The van der Waals surface area contributed by atoms with Gasteiger partial charge in [0.05, 0.1) is 6.04 Å². The Morgan fingerprint density at radius 3 is 2.56 bits per heavy atom. The third-order valence-corrected chi connectivity index (χ3v) is 5.43. The lowest BCUT2D eigenvalue weighted by Crippen LogP contribution is -2.44. The van der Waals surface area contributed by atoms with Crippen LogP contribution >= 0.6 is 23.2 Å². The predicted octanol–water partition coefficient (Wildman–Crippen LogP) is 3.71. The molecular weight excluding hydrogens is 385 g/mol. The van der Waals surface area contributed by atoms with E-state index in [4.69, 9.17) is 23.2 Å². The van der Waals surface area contributed by atoms with Crippen molar-refractivity contribution in [3.63, 3.8) is 0 Å². The van der Waals surface area contributed by atoms with E-state index in [0.29, 0.717) is 28.7 Å². The lowest BCUT2D eigenvalue weighted by molar-refractivity contribution is -0.128.